The van der Waals surface area contributed by atoms with Gasteiger partial charge in [-0.3, -0.25) is 9.48 Å². The Balaban J connectivity index is 1.65. The molecule has 1 aromatic heterocycles. The lowest BCUT2D eigenvalue weighted by Crippen LogP contribution is -2.42. The lowest BCUT2D eigenvalue weighted by molar-refractivity contribution is -0.142. The molecule has 3 rings (SSSR count). The van der Waals surface area contributed by atoms with Gasteiger partial charge in [0.15, 0.2) is 0 Å². The van der Waals surface area contributed by atoms with Crippen LogP contribution in [0.2, 0.25) is 0 Å². The summed E-state index contributed by atoms with van der Waals surface area (Å²) in [5, 5.41) is 5.71. The number of benzene rings is 1. The Morgan fingerprint density at radius 1 is 1.17 bits per heavy atom. The molecular weight excluding hydrogens is 370 g/mol. The molecule has 1 fully saturated rings. The molecule has 7 nitrogen and oxygen atoms in total. The number of rotatable bonds is 5. The zero-order valence-corrected chi connectivity index (χ0v) is 17.8. The van der Waals surface area contributed by atoms with Crippen molar-refractivity contribution in [3.8, 4) is 0 Å². The van der Waals surface area contributed by atoms with Gasteiger partial charge in [-0.15, -0.1) is 0 Å². The molecule has 0 spiro atoms. The average molecular weight is 402 g/mol. The van der Waals surface area contributed by atoms with Crippen LogP contribution < -0.4 is 0 Å². The van der Waals surface area contributed by atoms with E-state index in [1.54, 1.807) is 11.8 Å². The molecule has 1 aromatic carbocycles. The number of nitrogens with zero attached hydrogens (tertiary/aromatic N) is 3. The van der Waals surface area contributed by atoms with E-state index >= 15 is 0 Å². The molecule has 2 heterocycles. The topological polar surface area (TPSA) is 73.7 Å². The Morgan fingerprint density at radius 3 is 2.52 bits per heavy atom. The van der Waals surface area contributed by atoms with E-state index < -0.39 is 5.60 Å². The summed E-state index contributed by atoms with van der Waals surface area (Å²) in [5.74, 6) is 0.168. The van der Waals surface area contributed by atoms with Gasteiger partial charge in [0.25, 0.3) is 0 Å². The van der Waals surface area contributed by atoms with Gasteiger partial charge in [-0.2, -0.15) is 5.10 Å². The minimum Gasteiger partial charge on any atom is -0.466 e. The zero-order chi connectivity index (χ0) is 21.0. The van der Waals surface area contributed by atoms with E-state index in [0.29, 0.717) is 25.6 Å². The van der Waals surface area contributed by atoms with Crippen LogP contribution in [0.1, 0.15) is 46.2 Å². The molecule has 29 heavy (non-hydrogen) atoms. The molecule has 0 saturated carbocycles. The summed E-state index contributed by atoms with van der Waals surface area (Å²) in [6.07, 6.45) is 1.75. The number of esters is 1. The van der Waals surface area contributed by atoms with Crippen molar-refractivity contribution in [2.45, 2.75) is 59.1 Å². The molecule has 158 valence electrons. The van der Waals surface area contributed by atoms with E-state index in [1.807, 2.05) is 49.7 Å². The minimum absolute atomic E-state index is 0.179. The maximum Gasteiger partial charge on any atom is 0.410 e. The molecule has 1 saturated heterocycles. The Kier molecular flexibility index (Phi) is 6.45. The number of hydrogen-bond acceptors (Lipinski definition) is 5. The highest BCUT2D eigenvalue weighted by atomic mass is 16.6. The largest absolute Gasteiger partial charge is 0.466 e. The number of fused-ring (bicyclic) bond motifs is 1. The second-order valence-electron chi connectivity index (χ2n) is 8.54. The molecule has 1 amide bonds. The van der Waals surface area contributed by atoms with Crippen LogP contribution in [0.15, 0.2) is 24.3 Å². The second kappa shape index (κ2) is 8.84. The average Bonchev–Trinajstić information content (AvgIpc) is 2.99. The van der Waals surface area contributed by atoms with Crippen molar-refractivity contribution in [3.63, 3.8) is 0 Å². The summed E-state index contributed by atoms with van der Waals surface area (Å²) in [6, 6.07) is 7.98. The molecule has 0 atom stereocenters. The van der Waals surface area contributed by atoms with Crippen LogP contribution in [-0.4, -0.2) is 52.0 Å². The first kappa shape index (κ1) is 21.1. The maximum absolute atomic E-state index is 12.3. The number of likely N-dealkylation sites (tertiary alicyclic amines) is 1. The Labute approximate surface area is 171 Å². The van der Waals surface area contributed by atoms with E-state index in [9.17, 15) is 9.59 Å². The Hall–Kier alpha value is -2.57. The number of aromatic nitrogens is 2. The summed E-state index contributed by atoms with van der Waals surface area (Å²) in [6.45, 7) is 9.97. The van der Waals surface area contributed by atoms with Crippen LogP contribution in [0.5, 0.6) is 0 Å². The van der Waals surface area contributed by atoms with Crippen molar-refractivity contribution >= 4 is 23.0 Å². The SMILES string of the molecule is CCOC(=O)Cc1nn(CC2CCN(C(=O)OC(C)(C)C)CC2)c2ccccc12. The summed E-state index contributed by atoms with van der Waals surface area (Å²) in [7, 11) is 0. The normalized spacial score (nSPS) is 15.5. The first-order valence-electron chi connectivity index (χ1n) is 10.3. The zero-order valence-electron chi connectivity index (χ0n) is 17.8. The van der Waals surface area contributed by atoms with Crippen LogP contribution >= 0.6 is 0 Å². The van der Waals surface area contributed by atoms with E-state index in [2.05, 4.69) is 0 Å². The molecular formula is C22H31N3O4. The van der Waals surface area contributed by atoms with Crippen LogP contribution in [-0.2, 0) is 27.2 Å². The van der Waals surface area contributed by atoms with Crippen molar-refractivity contribution in [2.24, 2.45) is 5.92 Å². The minimum atomic E-state index is -0.475. The summed E-state index contributed by atoms with van der Waals surface area (Å²) in [5.41, 5.74) is 1.31. The molecule has 0 N–H and O–H groups in total. The molecule has 0 unspecified atom stereocenters. The van der Waals surface area contributed by atoms with E-state index in [4.69, 9.17) is 14.6 Å². The first-order chi connectivity index (χ1) is 13.8. The van der Waals surface area contributed by atoms with Gasteiger partial charge in [0.05, 0.1) is 24.2 Å². The number of hydrogen-bond donors (Lipinski definition) is 0. The molecule has 7 heteroatoms. The molecule has 1 aliphatic heterocycles. The van der Waals surface area contributed by atoms with Gasteiger partial charge >= 0.3 is 12.1 Å². The summed E-state index contributed by atoms with van der Waals surface area (Å²) < 4.78 is 12.6. The fourth-order valence-electron chi connectivity index (χ4n) is 3.68. The molecule has 0 radical (unpaired) electrons. The third-order valence-corrected chi connectivity index (χ3v) is 5.05. The highest BCUT2D eigenvalue weighted by molar-refractivity contribution is 5.86. The van der Waals surface area contributed by atoms with E-state index in [-0.39, 0.29) is 18.5 Å². The van der Waals surface area contributed by atoms with Gasteiger partial charge in [-0.25, -0.2) is 4.79 Å². The van der Waals surface area contributed by atoms with Crippen LogP contribution in [0, 0.1) is 5.92 Å². The molecule has 0 bridgehead atoms. The van der Waals surface area contributed by atoms with Crippen LogP contribution in [0.4, 0.5) is 4.79 Å². The summed E-state index contributed by atoms with van der Waals surface area (Å²) in [4.78, 5) is 26.0. The van der Waals surface area contributed by atoms with Gasteiger partial charge in [0.1, 0.15) is 5.60 Å². The number of carbonyl (C=O) groups excluding carboxylic acids is 2. The third-order valence-electron chi connectivity index (χ3n) is 5.05. The first-order valence-corrected chi connectivity index (χ1v) is 10.3. The van der Waals surface area contributed by atoms with Gasteiger partial charge in [0.2, 0.25) is 0 Å². The van der Waals surface area contributed by atoms with Crippen molar-refractivity contribution in [1.29, 1.82) is 0 Å². The van der Waals surface area contributed by atoms with Crippen molar-refractivity contribution in [3.05, 3.63) is 30.0 Å². The Morgan fingerprint density at radius 2 is 1.86 bits per heavy atom. The molecule has 1 aliphatic rings. The second-order valence-corrected chi connectivity index (χ2v) is 8.54. The van der Waals surface area contributed by atoms with Gasteiger partial charge in [-0.05, 0) is 52.5 Å². The van der Waals surface area contributed by atoms with E-state index in [1.165, 1.54) is 0 Å². The van der Waals surface area contributed by atoms with Gasteiger partial charge in [0, 0.05) is 25.0 Å². The lowest BCUT2D eigenvalue weighted by atomic mass is 9.97. The number of piperidine rings is 1. The predicted molar refractivity (Wildman–Crippen MR) is 111 cm³/mol. The fourth-order valence-corrected chi connectivity index (χ4v) is 3.68. The van der Waals surface area contributed by atoms with E-state index in [0.717, 1.165) is 36.0 Å². The quantitative estimate of drug-likeness (QED) is 0.713. The molecule has 2 aromatic rings. The smallest absolute Gasteiger partial charge is 0.410 e. The highest BCUT2D eigenvalue weighted by Gasteiger charge is 2.27. The third kappa shape index (κ3) is 5.49. The highest BCUT2D eigenvalue weighted by Crippen LogP contribution is 2.25. The monoisotopic (exact) mass is 401 g/mol. The standard InChI is InChI=1S/C22H31N3O4/c1-5-28-20(26)14-18-17-8-6-7-9-19(17)25(23-18)15-16-10-12-24(13-11-16)21(27)29-22(2,3)4/h6-9,16H,5,10-15H2,1-4H3. The number of ether oxygens (including phenoxy) is 2. The van der Waals surface area contributed by atoms with Gasteiger partial charge < -0.3 is 14.4 Å². The van der Waals surface area contributed by atoms with Crippen LogP contribution in [0.25, 0.3) is 10.9 Å². The van der Waals surface area contributed by atoms with Crippen molar-refractivity contribution in [1.82, 2.24) is 14.7 Å². The lowest BCUT2D eigenvalue weighted by Gasteiger charge is -2.33. The van der Waals surface area contributed by atoms with Crippen LogP contribution in [0.3, 0.4) is 0 Å². The van der Waals surface area contributed by atoms with Crippen molar-refractivity contribution in [2.75, 3.05) is 19.7 Å². The van der Waals surface area contributed by atoms with Gasteiger partial charge in [-0.1, -0.05) is 18.2 Å². The maximum atomic E-state index is 12.3. The number of amides is 1. The predicted octanol–water partition coefficient (Wildman–Crippen LogP) is 3.79. The number of para-hydroxylation sites is 1. The Bertz CT molecular complexity index is 861. The fraction of sp³-hybridized carbons (Fsp3) is 0.591. The van der Waals surface area contributed by atoms with Crippen molar-refractivity contribution < 1.29 is 19.1 Å². The molecule has 0 aliphatic carbocycles. The summed E-state index contributed by atoms with van der Waals surface area (Å²) >= 11 is 0. The number of carbonyl (C=O) groups is 2.